The largest absolute Gasteiger partial charge is 0.490 e. The molecule has 0 bridgehead atoms. The van der Waals surface area contributed by atoms with Gasteiger partial charge in [0.2, 0.25) is 5.91 Å². The minimum absolute atomic E-state index is 0.0787. The van der Waals surface area contributed by atoms with Crippen molar-refractivity contribution in [3.05, 3.63) is 47.3 Å². The summed E-state index contributed by atoms with van der Waals surface area (Å²) in [4.78, 5) is 11.1. The van der Waals surface area contributed by atoms with Crippen LogP contribution in [0.25, 0.3) is 0 Å². The minimum Gasteiger partial charge on any atom is -0.490 e. The molecule has 0 aliphatic heterocycles. The van der Waals surface area contributed by atoms with Crippen LogP contribution in [0, 0.1) is 0 Å². The van der Waals surface area contributed by atoms with Gasteiger partial charge in [-0.1, -0.05) is 38.1 Å². The van der Waals surface area contributed by atoms with Crippen LogP contribution < -0.4 is 10.1 Å². The molecule has 1 aliphatic carbocycles. The summed E-state index contributed by atoms with van der Waals surface area (Å²) >= 11 is 0. The lowest BCUT2D eigenvalue weighted by atomic mass is 9.80. The van der Waals surface area contributed by atoms with Crippen LogP contribution in [-0.2, 0) is 10.2 Å². The maximum atomic E-state index is 11.1. The molecule has 1 fully saturated rings. The molecule has 1 N–H and O–H groups in total. The number of carbonyl (C=O) groups is 1. The number of ether oxygens (including phenoxy) is 1. The van der Waals surface area contributed by atoms with E-state index in [2.05, 4.69) is 55.5 Å². The van der Waals surface area contributed by atoms with E-state index >= 15 is 0 Å². The first-order chi connectivity index (χ1) is 12.2. The van der Waals surface area contributed by atoms with Crippen molar-refractivity contribution < 1.29 is 14.1 Å². The topological polar surface area (TPSA) is 64.4 Å². The average Bonchev–Trinajstić information content (AvgIpc) is 2.99. The molecular formula is C21H28N2O3. The number of amides is 1. The molecule has 0 saturated heterocycles. The Balaban J connectivity index is 1.51. The number of nitrogens with one attached hydrogen (secondary N) is 1. The summed E-state index contributed by atoms with van der Waals surface area (Å²) in [7, 11) is 0. The number of nitrogens with zero attached hydrogens (tertiary/aromatic N) is 1. The van der Waals surface area contributed by atoms with E-state index in [1.54, 1.807) is 0 Å². The van der Waals surface area contributed by atoms with E-state index < -0.39 is 0 Å². The van der Waals surface area contributed by atoms with Gasteiger partial charge in [0.25, 0.3) is 0 Å². The molecule has 5 nitrogen and oxygen atoms in total. The zero-order chi connectivity index (χ0) is 18.9. The summed E-state index contributed by atoms with van der Waals surface area (Å²) in [5, 5.41) is 6.97. The van der Waals surface area contributed by atoms with Crippen molar-refractivity contribution in [2.75, 3.05) is 0 Å². The molecule has 1 atom stereocenters. The molecule has 3 rings (SSSR count). The van der Waals surface area contributed by atoms with Crippen LogP contribution in [0.1, 0.15) is 76.4 Å². The van der Waals surface area contributed by atoms with Crippen molar-refractivity contribution in [3.8, 4) is 5.75 Å². The highest BCUT2D eigenvalue weighted by Crippen LogP contribution is 2.39. The molecular weight excluding hydrogens is 328 g/mol. The minimum atomic E-state index is -0.165. The van der Waals surface area contributed by atoms with E-state index in [1.807, 2.05) is 13.0 Å². The zero-order valence-corrected chi connectivity index (χ0v) is 16.2. The van der Waals surface area contributed by atoms with E-state index in [4.69, 9.17) is 9.26 Å². The molecule has 1 amide bonds. The van der Waals surface area contributed by atoms with Crippen LogP contribution in [0.5, 0.6) is 5.75 Å². The molecule has 1 aromatic heterocycles. The Kier molecular flexibility index (Phi) is 5.08. The monoisotopic (exact) mass is 356 g/mol. The fraction of sp³-hybridized carbons (Fsp3) is 0.524. The van der Waals surface area contributed by atoms with Crippen molar-refractivity contribution in [1.29, 1.82) is 0 Å². The quantitative estimate of drug-likeness (QED) is 0.857. The van der Waals surface area contributed by atoms with E-state index in [0.717, 1.165) is 24.3 Å². The predicted octanol–water partition coefficient (Wildman–Crippen LogP) is 4.49. The van der Waals surface area contributed by atoms with Crippen LogP contribution in [0.15, 0.2) is 34.9 Å². The van der Waals surface area contributed by atoms with Gasteiger partial charge in [-0.05, 0) is 42.9 Å². The molecule has 1 heterocycles. The Morgan fingerprint density at radius 3 is 2.50 bits per heavy atom. The number of rotatable bonds is 5. The van der Waals surface area contributed by atoms with Crippen LogP contribution in [-0.4, -0.2) is 17.2 Å². The van der Waals surface area contributed by atoms with Gasteiger partial charge in [0.05, 0.1) is 17.8 Å². The SMILES string of the molecule is CC(=O)N[C@@H](C)c1cc(C2CC(Oc3ccc(C(C)(C)C)cc3)C2)no1. The van der Waals surface area contributed by atoms with E-state index in [-0.39, 0.29) is 23.5 Å². The Morgan fingerprint density at radius 1 is 1.27 bits per heavy atom. The summed E-state index contributed by atoms with van der Waals surface area (Å²) in [6.07, 6.45) is 2.08. The van der Waals surface area contributed by atoms with Crippen LogP contribution in [0.4, 0.5) is 0 Å². The third kappa shape index (κ3) is 4.26. The second-order valence-corrected chi connectivity index (χ2v) is 8.26. The van der Waals surface area contributed by atoms with Gasteiger partial charge in [0, 0.05) is 18.9 Å². The molecule has 0 radical (unpaired) electrons. The van der Waals surface area contributed by atoms with E-state index in [0.29, 0.717) is 11.7 Å². The molecule has 26 heavy (non-hydrogen) atoms. The lowest BCUT2D eigenvalue weighted by molar-refractivity contribution is -0.119. The van der Waals surface area contributed by atoms with Crippen molar-refractivity contribution >= 4 is 5.91 Å². The summed E-state index contributed by atoms with van der Waals surface area (Å²) in [5.74, 6) is 1.89. The van der Waals surface area contributed by atoms with Gasteiger partial charge in [-0.15, -0.1) is 0 Å². The third-order valence-corrected chi connectivity index (χ3v) is 4.93. The summed E-state index contributed by atoms with van der Waals surface area (Å²) in [5.41, 5.74) is 2.40. The Morgan fingerprint density at radius 2 is 1.92 bits per heavy atom. The van der Waals surface area contributed by atoms with Crippen molar-refractivity contribution in [1.82, 2.24) is 10.5 Å². The molecule has 5 heteroatoms. The van der Waals surface area contributed by atoms with Gasteiger partial charge in [0.1, 0.15) is 5.75 Å². The number of hydrogen-bond acceptors (Lipinski definition) is 4. The molecule has 1 saturated carbocycles. The van der Waals surface area contributed by atoms with Crippen molar-refractivity contribution in [2.24, 2.45) is 0 Å². The Hall–Kier alpha value is -2.30. The van der Waals surface area contributed by atoms with E-state index in [9.17, 15) is 4.79 Å². The summed E-state index contributed by atoms with van der Waals surface area (Å²) in [6, 6.07) is 10.2. The standard InChI is InChI=1S/C21H28N2O3/c1-13(22-14(2)24)20-12-19(23-26-20)15-10-18(11-15)25-17-8-6-16(7-9-17)21(3,4)5/h6-9,12-13,15,18H,10-11H2,1-5H3,(H,22,24)/t13-,15?,18?/m0/s1. The lowest BCUT2D eigenvalue weighted by Gasteiger charge is -2.34. The molecule has 0 unspecified atom stereocenters. The van der Waals surface area contributed by atoms with Gasteiger partial charge in [0.15, 0.2) is 5.76 Å². The molecule has 0 spiro atoms. The number of benzene rings is 1. The number of hydrogen-bond donors (Lipinski definition) is 1. The second kappa shape index (κ2) is 7.14. The highest BCUT2D eigenvalue weighted by atomic mass is 16.5. The summed E-state index contributed by atoms with van der Waals surface area (Å²) in [6.45, 7) is 10.0. The fourth-order valence-electron chi connectivity index (χ4n) is 3.21. The maximum Gasteiger partial charge on any atom is 0.217 e. The number of aromatic nitrogens is 1. The fourth-order valence-corrected chi connectivity index (χ4v) is 3.21. The summed E-state index contributed by atoms with van der Waals surface area (Å²) < 4.78 is 11.4. The maximum absolute atomic E-state index is 11.1. The first-order valence-electron chi connectivity index (χ1n) is 9.23. The predicted molar refractivity (Wildman–Crippen MR) is 100 cm³/mol. The molecule has 1 aliphatic rings. The Bertz CT molecular complexity index is 752. The van der Waals surface area contributed by atoms with Crippen LogP contribution >= 0.6 is 0 Å². The van der Waals surface area contributed by atoms with E-state index in [1.165, 1.54) is 12.5 Å². The normalized spacial score (nSPS) is 21.0. The molecule has 140 valence electrons. The van der Waals surface area contributed by atoms with Gasteiger partial charge in [-0.25, -0.2) is 0 Å². The van der Waals surface area contributed by atoms with Crippen molar-refractivity contribution in [2.45, 2.75) is 70.9 Å². The first-order valence-corrected chi connectivity index (χ1v) is 9.23. The lowest BCUT2D eigenvalue weighted by Crippen LogP contribution is -2.32. The Labute approximate surface area is 155 Å². The smallest absolute Gasteiger partial charge is 0.217 e. The van der Waals surface area contributed by atoms with Crippen LogP contribution in [0.3, 0.4) is 0 Å². The molecule has 1 aromatic carbocycles. The van der Waals surface area contributed by atoms with Crippen LogP contribution in [0.2, 0.25) is 0 Å². The number of carbonyl (C=O) groups excluding carboxylic acids is 1. The highest BCUT2D eigenvalue weighted by Gasteiger charge is 2.34. The average molecular weight is 356 g/mol. The van der Waals surface area contributed by atoms with Gasteiger partial charge in [-0.3, -0.25) is 4.79 Å². The van der Waals surface area contributed by atoms with Gasteiger partial charge >= 0.3 is 0 Å². The zero-order valence-electron chi connectivity index (χ0n) is 16.2. The van der Waals surface area contributed by atoms with Gasteiger partial charge < -0.3 is 14.6 Å². The molecule has 2 aromatic rings. The van der Waals surface area contributed by atoms with Gasteiger partial charge in [-0.2, -0.15) is 0 Å². The van der Waals surface area contributed by atoms with Crippen molar-refractivity contribution in [3.63, 3.8) is 0 Å². The highest BCUT2D eigenvalue weighted by molar-refractivity contribution is 5.73. The second-order valence-electron chi connectivity index (χ2n) is 8.26. The third-order valence-electron chi connectivity index (χ3n) is 4.93. The first kappa shape index (κ1) is 18.5.